The predicted molar refractivity (Wildman–Crippen MR) is 86.3 cm³/mol. The Morgan fingerprint density at radius 3 is 2.62 bits per heavy atom. The molecule has 0 aliphatic heterocycles. The Morgan fingerprint density at radius 2 is 2.05 bits per heavy atom. The maximum atomic E-state index is 12.4. The van der Waals surface area contributed by atoms with Gasteiger partial charge in [0.25, 0.3) is 0 Å². The van der Waals surface area contributed by atoms with Gasteiger partial charge < -0.3 is 0 Å². The second-order valence-corrected chi connectivity index (χ2v) is 7.37. The van der Waals surface area contributed by atoms with Gasteiger partial charge in [-0.3, -0.25) is 9.48 Å². The second-order valence-electron chi connectivity index (χ2n) is 7.37. The third kappa shape index (κ3) is 3.56. The van der Waals surface area contributed by atoms with Gasteiger partial charge in [-0.1, -0.05) is 27.7 Å². The van der Waals surface area contributed by atoms with Crippen LogP contribution in [0.3, 0.4) is 0 Å². The molecule has 1 fully saturated rings. The highest BCUT2D eigenvalue weighted by atomic mass is 16.1. The standard InChI is InChI=1S/C18H30N2O/c1-6-14-11-15(20(7-2)19-14)12-18(4,5)16-9-8-13(3)10-17(16)21/h11,13,16H,6-10,12H2,1-5H3. The van der Waals surface area contributed by atoms with Crippen molar-refractivity contribution in [1.29, 1.82) is 0 Å². The van der Waals surface area contributed by atoms with E-state index in [2.05, 4.69) is 50.5 Å². The molecule has 1 saturated carbocycles. The van der Waals surface area contributed by atoms with Crippen LogP contribution in [0, 0.1) is 17.3 Å². The number of nitrogens with zero attached hydrogens (tertiary/aromatic N) is 2. The van der Waals surface area contributed by atoms with Crippen LogP contribution in [-0.4, -0.2) is 15.6 Å². The molecule has 118 valence electrons. The van der Waals surface area contributed by atoms with E-state index in [1.54, 1.807) is 0 Å². The number of hydrogen-bond donors (Lipinski definition) is 0. The lowest BCUT2D eigenvalue weighted by Gasteiger charge is -2.37. The maximum Gasteiger partial charge on any atom is 0.136 e. The maximum absolute atomic E-state index is 12.4. The molecule has 3 nitrogen and oxygen atoms in total. The molecule has 0 spiro atoms. The number of Topliss-reactive ketones (excluding diaryl/α,β-unsaturated/α-hetero) is 1. The quantitative estimate of drug-likeness (QED) is 0.820. The van der Waals surface area contributed by atoms with E-state index in [0.717, 1.165) is 37.9 Å². The van der Waals surface area contributed by atoms with E-state index in [-0.39, 0.29) is 11.3 Å². The average Bonchev–Trinajstić information content (AvgIpc) is 2.79. The lowest BCUT2D eigenvalue weighted by Crippen LogP contribution is -2.37. The molecule has 21 heavy (non-hydrogen) atoms. The Balaban J connectivity index is 2.16. The smallest absolute Gasteiger partial charge is 0.136 e. The number of ketones is 1. The highest BCUT2D eigenvalue weighted by Crippen LogP contribution is 2.40. The normalized spacial score (nSPS) is 23.6. The van der Waals surface area contributed by atoms with E-state index in [1.165, 1.54) is 12.1 Å². The molecule has 2 rings (SSSR count). The van der Waals surface area contributed by atoms with Crippen LogP contribution < -0.4 is 0 Å². The average molecular weight is 290 g/mol. The van der Waals surface area contributed by atoms with E-state index < -0.39 is 0 Å². The van der Waals surface area contributed by atoms with E-state index in [9.17, 15) is 4.79 Å². The third-order valence-corrected chi connectivity index (χ3v) is 5.04. The fourth-order valence-corrected chi connectivity index (χ4v) is 3.72. The highest BCUT2D eigenvalue weighted by Gasteiger charge is 2.38. The van der Waals surface area contributed by atoms with Crippen LogP contribution in [0.1, 0.15) is 65.3 Å². The summed E-state index contributed by atoms with van der Waals surface area (Å²) >= 11 is 0. The predicted octanol–water partition coefficient (Wildman–Crippen LogP) is 4.04. The van der Waals surface area contributed by atoms with E-state index in [4.69, 9.17) is 0 Å². The van der Waals surface area contributed by atoms with Gasteiger partial charge in [0, 0.05) is 24.6 Å². The van der Waals surface area contributed by atoms with Crippen molar-refractivity contribution in [2.75, 3.05) is 0 Å². The summed E-state index contributed by atoms with van der Waals surface area (Å²) in [4.78, 5) is 12.4. The Bertz CT molecular complexity index is 501. The molecule has 1 aromatic heterocycles. The molecule has 1 aliphatic carbocycles. The number of hydrogen-bond acceptors (Lipinski definition) is 2. The largest absolute Gasteiger partial charge is 0.299 e. The molecule has 1 aromatic rings. The van der Waals surface area contributed by atoms with Crippen LogP contribution in [0.5, 0.6) is 0 Å². The Hall–Kier alpha value is -1.12. The Kier molecular flexibility index (Phi) is 4.90. The van der Waals surface area contributed by atoms with Crippen molar-refractivity contribution in [3.05, 3.63) is 17.5 Å². The van der Waals surface area contributed by atoms with E-state index in [0.29, 0.717) is 11.7 Å². The van der Waals surface area contributed by atoms with Crippen molar-refractivity contribution >= 4 is 5.78 Å². The van der Waals surface area contributed by atoms with Crippen LogP contribution in [0.2, 0.25) is 0 Å². The van der Waals surface area contributed by atoms with Gasteiger partial charge >= 0.3 is 0 Å². The van der Waals surface area contributed by atoms with Crippen molar-refractivity contribution in [2.45, 2.75) is 73.3 Å². The zero-order valence-electron chi connectivity index (χ0n) is 14.3. The van der Waals surface area contributed by atoms with Crippen LogP contribution in [0.15, 0.2) is 6.07 Å². The molecular formula is C18H30N2O. The summed E-state index contributed by atoms with van der Waals surface area (Å²) < 4.78 is 2.11. The van der Waals surface area contributed by atoms with Gasteiger partial charge in [0.05, 0.1) is 5.69 Å². The van der Waals surface area contributed by atoms with Crippen molar-refractivity contribution < 1.29 is 4.79 Å². The minimum absolute atomic E-state index is 0.0230. The molecule has 0 saturated heterocycles. The van der Waals surface area contributed by atoms with Crippen molar-refractivity contribution in [3.8, 4) is 0 Å². The summed E-state index contributed by atoms with van der Waals surface area (Å²) in [5.41, 5.74) is 2.46. The first-order chi connectivity index (χ1) is 9.87. The molecule has 1 aliphatic rings. The van der Waals surface area contributed by atoms with E-state index >= 15 is 0 Å². The molecule has 0 radical (unpaired) electrons. The molecular weight excluding hydrogens is 260 g/mol. The molecule has 0 N–H and O–H groups in total. The zero-order chi connectivity index (χ0) is 15.6. The number of aryl methyl sites for hydroxylation is 2. The zero-order valence-corrected chi connectivity index (χ0v) is 14.3. The molecule has 0 amide bonds. The monoisotopic (exact) mass is 290 g/mol. The molecule has 2 unspecified atom stereocenters. The topological polar surface area (TPSA) is 34.9 Å². The minimum Gasteiger partial charge on any atom is -0.299 e. The first-order valence-electron chi connectivity index (χ1n) is 8.45. The van der Waals surface area contributed by atoms with Gasteiger partial charge in [0.1, 0.15) is 5.78 Å². The number of rotatable bonds is 5. The Morgan fingerprint density at radius 1 is 1.33 bits per heavy atom. The van der Waals surface area contributed by atoms with Crippen molar-refractivity contribution in [1.82, 2.24) is 9.78 Å². The summed E-state index contributed by atoms with van der Waals surface area (Å²) in [5, 5.41) is 4.64. The van der Waals surface area contributed by atoms with Gasteiger partial charge in [0.2, 0.25) is 0 Å². The fourth-order valence-electron chi connectivity index (χ4n) is 3.72. The molecule has 0 aromatic carbocycles. The summed E-state index contributed by atoms with van der Waals surface area (Å²) in [7, 11) is 0. The SMILES string of the molecule is CCc1cc(CC(C)(C)C2CCC(C)CC2=O)n(CC)n1. The van der Waals surface area contributed by atoms with Gasteiger partial charge in [0.15, 0.2) is 0 Å². The van der Waals surface area contributed by atoms with Gasteiger partial charge in [-0.15, -0.1) is 0 Å². The number of carbonyl (C=O) groups is 1. The minimum atomic E-state index is 0.0230. The lowest BCUT2D eigenvalue weighted by molar-refractivity contribution is -0.129. The number of aromatic nitrogens is 2. The van der Waals surface area contributed by atoms with Gasteiger partial charge in [-0.25, -0.2) is 0 Å². The summed E-state index contributed by atoms with van der Waals surface area (Å²) in [6.45, 7) is 11.9. The van der Waals surface area contributed by atoms with Crippen LogP contribution in [0.4, 0.5) is 0 Å². The van der Waals surface area contributed by atoms with Crippen molar-refractivity contribution in [2.24, 2.45) is 17.3 Å². The summed E-state index contributed by atoms with van der Waals surface area (Å²) in [6.07, 6.45) is 4.92. The van der Waals surface area contributed by atoms with Crippen LogP contribution >= 0.6 is 0 Å². The molecule has 2 atom stereocenters. The second kappa shape index (κ2) is 6.33. The first kappa shape index (κ1) is 16.3. The molecule has 1 heterocycles. The highest BCUT2D eigenvalue weighted by molar-refractivity contribution is 5.82. The van der Waals surface area contributed by atoms with Crippen molar-refractivity contribution in [3.63, 3.8) is 0 Å². The lowest BCUT2D eigenvalue weighted by atomic mass is 9.66. The molecule has 3 heteroatoms. The fraction of sp³-hybridized carbons (Fsp3) is 0.778. The van der Waals surface area contributed by atoms with E-state index in [1.807, 2.05) is 0 Å². The summed E-state index contributed by atoms with van der Waals surface area (Å²) in [6, 6.07) is 2.22. The number of carbonyl (C=O) groups excluding carboxylic acids is 1. The summed E-state index contributed by atoms with van der Waals surface area (Å²) in [5.74, 6) is 1.24. The van der Waals surface area contributed by atoms with Gasteiger partial charge in [-0.2, -0.15) is 5.10 Å². The van der Waals surface area contributed by atoms with Crippen LogP contribution in [0.25, 0.3) is 0 Å². The Labute approximate surface area is 129 Å². The third-order valence-electron chi connectivity index (χ3n) is 5.04. The van der Waals surface area contributed by atoms with Gasteiger partial charge in [-0.05, 0) is 50.0 Å². The van der Waals surface area contributed by atoms with Crippen LogP contribution in [-0.2, 0) is 24.2 Å². The molecule has 0 bridgehead atoms. The first-order valence-corrected chi connectivity index (χ1v) is 8.45.